The minimum Gasteiger partial charge on any atom is -0.493 e. The van der Waals surface area contributed by atoms with E-state index in [1.165, 1.54) is 0 Å². The maximum absolute atomic E-state index is 5.81. The smallest absolute Gasteiger partial charge is 0.162 e. The maximum atomic E-state index is 5.81. The first-order valence-corrected chi connectivity index (χ1v) is 7.57. The molecule has 2 aromatic rings. The molecule has 0 aliphatic rings. The van der Waals surface area contributed by atoms with Gasteiger partial charge >= 0.3 is 0 Å². The van der Waals surface area contributed by atoms with Crippen molar-refractivity contribution in [3.05, 3.63) is 39.8 Å². The fourth-order valence-corrected chi connectivity index (χ4v) is 2.74. The summed E-state index contributed by atoms with van der Waals surface area (Å²) in [5, 5.41) is 3.21. The first kappa shape index (κ1) is 14.8. The molecule has 2 rings (SSSR count). The van der Waals surface area contributed by atoms with Crippen LogP contribution >= 0.6 is 11.3 Å². The minimum atomic E-state index is 0.449. The normalized spacial score (nSPS) is 10.6. The summed E-state index contributed by atoms with van der Waals surface area (Å²) in [6.07, 6.45) is 2.14. The van der Waals surface area contributed by atoms with E-state index in [9.17, 15) is 0 Å². The van der Waals surface area contributed by atoms with Gasteiger partial charge in [0.15, 0.2) is 11.5 Å². The van der Waals surface area contributed by atoms with Crippen molar-refractivity contribution in [2.24, 2.45) is 5.73 Å². The topological polar surface area (TPSA) is 57.4 Å². The average molecular weight is 292 g/mol. The Morgan fingerprint density at radius 2 is 2.15 bits per heavy atom. The van der Waals surface area contributed by atoms with E-state index in [1.54, 1.807) is 18.4 Å². The number of hydrogen-bond donors (Lipinski definition) is 1. The zero-order valence-corrected chi connectivity index (χ0v) is 12.7. The van der Waals surface area contributed by atoms with Crippen molar-refractivity contribution in [1.29, 1.82) is 0 Å². The number of ether oxygens (including phenoxy) is 2. The number of methoxy groups -OCH3 is 1. The van der Waals surface area contributed by atoms with Crippen LogP contribution in [0.1, 0.15) is 29.6 Å². The molecule has 0 saturated heterocycles. The second-order valence-electron chi connectivity index (χ2n) is 4.46. The fourth-order valence-electron chi connectivity index (χ4n) is 1.86. The molecule has 0 bridgehead atoms. The monoisotopic (exact) mass is 292 g/mol. The summed E-state index contributed by atoms with van der Waals surface area (Å²) in [6, 6.07) is 5.73. The molecule has 0 unspecified atom stereocenters. The molecule has 0 fully saturated rings. The van der Waals surface area contributed by atoms with Gasteiger partial charge in [-0.05, 0) is 30.5 Å². The van der Waals surface area contributed by atoms with Crippen LogP contribution in [0.3, 0.4) is 0 Å². The van der Waals surface area contributed by atoms with Crippen molar-refractivity contribution >= 4 is 11.3 Å². The van der Waals surface area contributed by atoms with Gasteiger partial charge in [-0.3, -0.25) is 0 Å². The number of benzene rings is 1. The van der Waals surface area contributed by atoms with E-state index >= 15 is 0 Å². The molecule has 1 heterocycles. The Morgan fingerprint density at radius 1 is 1.30 bits per heavy atom. The van der Waals surface area contributed by atoms with Gasteiger partial charge in [-0.2, -0.15) is 0 Å². The number of rotatable bonds is 7. The lowest BCUT2D eigenvalue weighted by Gasteiger charge is -2.11. The van der Waals surface area contributed by atoms with Crippen LogP contribution in [0, 0.1) is 0 Å². The highest BCUT2D eigenvalue weighted by Crippen LogP contribution is 2.28. The van der Waals surface area contributed by atoms with Crippen LogP contribution in [0.25, 0.3) is 0 Å². The Morgan fingerprint density at radius 3 is 2.85 bits per heavy atom. The van der Waals surface area contributed by atoms with E-state index in [-0.39, 0.29) is 0 Å². The molecule has 0 aliphatic heterocycles. The summed E-state index contributed by atoms with van der Waals surface area (Å²) in [4.78, 5) is 4.54. The molecule has 0 radical (unpaired) electrons. The van der Waals surface area contributed by atoms with E-state index in [0.29, 0.717) is 24.7 Å². The van der Waals surface area contributed by atoms with E-state index in [0.717, 1.165) is 29.1 Å². The Bertz CT molecular complexity index is 555. The minimum absolute atomic E-state index is 0.449. The molecule has 1 aromatic carbocycles. The third-order valence-corrected chi connectivity index (χ3v) is 3.86. The number of thiazole rings is 1. The number of nitrogens with zero attached hydrogens (tertiary/aromatic N) is 1. The molecule has 2 N–H and O–H groups in total. The molecule has 0 aliphatic carbocycles. The molecule has 1 aromatic heterocycles. The standard InChI is InChI=1S/C15H20N2O2S/c1-3-4-15-17-12(10-20-15)9-19-14-7-11(8-16)5-6-13(14)18-2/h5-7,10H,3-4,8-9,16H2,1-2H3. The fraction of sp³-hybridized carbons (Fsp3) is 0.400. The van der Waals surface area contributed by atoms with E-state index in [4.69, 9.17) is 15.2 Å². The number of aryl methyl sites for hydroxylation is 1. The van der Waals surface area contributed by atoms with Crippen LogP contribution in [0.5, 0.6) is 11.5 Å². The molecule has 20 heavy (non-hydrogen) atoms. The van der Waals surface area contributed by atoms with Crippen LogP contribution in [0.15, 0.2) is 23.6 Å². The number of aromatic nitrogens is 1. The van der Waals surface area contributed by atoms with Gasteiger partial charge in [-0.1, -0.05) is 13.0 Å². The van der Waals surface area contributed by atoms with Crippen LogP contribution in [-0.4, -0.2) is 12.1 Å². The third-order valence-electron chi connectivity index (χ3n) is 2.90. The van der Waals surface area contributed by atoms with E-state index < -0.39 is 0 Å². The first-order chi connectivity index (χ1) is 9.76. The highest BCUT2D eigenvalue weighted by molar-refractivity contribution is 7.09. The summed E-state index contributed by atoms with van der Waals surface area (Å²) in [5.74, 6) is 1.42. The van der Waals surface area contributed by atoms with Crippen LogP contribution in [0.4, 0.5) is 0 Å². The van der Waals surface area contributed by atoms with E-state index in [1.807, 2.05) is 23.6 Å². The van der Waals surface area contributed by atoms with Gasteiger partial charge in [0.05, 0.1) is 17.8 Å². The second-order valence-corrected chi connectivity index (χ2v) is 5.40. The average Bonchev–Trinajstić information content (AvgIpc) is 2.93. The third kappa shape index (κ3) is 3.71. The molecule has 5 heteroatoms. The zero-order valence-electron chi connectivity index (χ0n) is 11.9. The largest absolute Gasteiger partial charge is 0.493 e. The zero-order chi connectivity index (χ0) is 14.4. The Labute approximate surface area is 123 Å². The lowest BCUT2D eigenvalue weighted by atomic mass is 10.2. The highest BCUT2D eigenvalue weighted by atomic mass is 32.1. The van der Waals surface area contributed by atoms with Gasteiger partial charge in [0.1, 0.15) is 6.61 Å². The van der Waals surface area contributed by atoms with Gasteiger partial charge in [-0.25, -0.2) is 4.98 Å². The van der Waals surface area contributed by atoms with Crippen molar-refractivity contribution in [3.8, 4) is 11.5 Å². The number of nitrogens with two attached hydrogens (primary N) is 1. The Kier molecular flexibility index (Phi) is 5.38. The molecule has 0 amide bonds. The quantitative estimate of drug-likeness (QED) is 0.851. The summed E-state index contributed by atoms with van der Waals surface area (Å²) < 4.78 is 11.1. The SMILES string of the molecule is CCCc1nc(COc2cc(CN)ccc2OC)cs1. The van der Waals surface area contributed by atoms with Crippen molar-refractivity contribution in [2.45, 2.75) is 32.9 Å². The maximum Gasteiger partial charge on any atom is 0.162 e. The van der Waals surface area contributed by atoms with Gasteiger partial charge in [0.25, 0.3) is 0 Å². The predicted molar refractivity (Wildman–Crippen MR) is 81.3 cm³/mol. The number of hydrogen-bond acceptors (Lipinski definition) is 5. The summed E-state index contributed by atoms with van der Waals surface area (Å²) in [7, 11) is 1.63. The van der Waals surface area contributed by atoms with Crippen molar-refractivity contribution in [2.75, 3.05) is 7.11 Å². The lowest BCUT2D eigenvalue weighted by Crippen LogP contribution is -2.01. The van der Waals surface area contributed by atoms with Crippen LogP contribution in [-0.2, 0) is 19.6 Å². The summed E-state index contributed by atoms with van der Waals surface area (Å²) >= 11 is 1.68. The van der Waals surface area contributed by atoms with Crippen molar-refractivity contribution in [3.63, 3.8) is 0 Å². The summed E-state index contributed by atoms with van der Waals surface area (Å²) in [5.41, 5.74) is 7.62. The Balaban J connectivity index is 2.05. The van der Waals surface area contributed by atoms with Crippen molar-refractivity contribution in [1.82, 2.24) is 4.98 Å². The molecule has 0 atom stereocenters. The lowest BCUT2D eigenvalue weighted by molar-refractivity contribution is 0.281. The molecular formula is C15H20N2O2S. The molecular weight excluding hydrogens is 272 g/mol. The molecule has 4 nitrogen and oxygen atoms in total. The molecule has 0 spiro atoms. The second kappa shape index (κ2) is 7.26. The highest BCUT2D eigenvalue weighted by Gasteiger charge is 2.07. The molecule has 0 saturated carbocycles. The van der Waals surface area contributed by atoms with E-state index in [2.05, 4.69) is 11.9 Å². The van der Waals surface area contributed by atoms with Crippen LogP contribution in [0.2, 0.25) is 0 Å². The molecule has 108 valence electrons. The van der Waals surface area contributed by atoms with Gasteiger partial charge in [0, 0.05) is 11.9 Å². The Hall–Kier alpha value is -1.59. The predicted octanol–water partition coefficient (Wildman–Crippen LogP) is 3.14. The first-order valence-electron chi connectivity index (χ1n) is 6.69. The van der Waals surface area contributed by atoms with Gasteiger partial charge in [-0.15, -0.1) is 11.3 Å². The van der Waals surface area contributed by atoms with Crippen LogP contribution < -0.4 is 15.2 Å². The summed E-state index contributed by atoms with van der Waals surface area (Å²) in [6.45, 7) is 3.09. The van der Waals surface area contributed by atoms with Gasteiger partial charge in [0.2, 0.25) is 0 Å². The van der Waals surface area contributed by atoms with Gasteiger partial charge < -0.3 is 15.2 Å². The van der Waals surface area contributed by atoms with Crippen molar-refractivity contribution < 1.29 is 9.47 Å².